The number of carbonyl (C=O) groups is 1. The van der Waals surface area contributed by atoms with E-state index in [1.54, 1.807) is 17.0 Å². The minimum Gasteiger partial charge on any atom is -0.379 e. The molecule has 2 aliphatic rings. The molecule has 1 amide bonds. The number of aliphatic imine (C=N–C) groups is 1. The molecule has 3 aromatic carbocycles. The highest BCUT2D eigenvalue weighted by Crippen LogP contribution is 2.34. The lowest BCUT2D eigenvalue weighted by Crippen LogP contribution is -2.45. The van der Waals surface area contributed by atoms with Gasteiger partial charge < -0.3 is 4.74 Å². The number of nitrogens with zero attached hydrogens (tertiary/aromatic N) is 5. The van der Waals surface area contributed by atoms with Crippen molar-refractivity contribution < 1.29 is 9.53 Å². The third-order valence-electron chi connectivity index (χ3n) is 6.81. The molecule has 9 heteroatoms. The highest BCUT2D eigenvalue weighted by atomic mass is 35.5. The zero-order valence-electron chi connectivity index (χ0n) is 21.3. The van der Waals surface area contributed by atoms with Gasteiger partial charge in [-0.15, -0.1) is 0 Å². The molecular weight excluding hydrogens is 533 g/mol. The van der Waals surface area contributed by atoms with E-state index in [1.807, 2.05) is 67.6 Å². The van der Waals surface area contributed by atoms with Crippen molar-refractivity contribution in [2.75, 3.05) is 37.9 Å². The standard InChI is InChI=1S/C30H25Cl2N5O2/c1-19-2-4-20(5-3-19)25-17-26(21-6-8-22(31)9-7-21)34-30(33-25)35-28-24-16-23(32)10-11-27(24)37(29(28)38)18-36-12-14-39-15-13-36/h2-11,16-17H,12-15,18H2,1H3. The van der Waals surface area contributed by atoms with Gasteiger partial charge in [-0.1, -0.05) is 65.2 Å². The SMILES string of the molecule is Cc1ccc(-c2cc(-c3ccc(Cl)cc3)nc(N=C3C(=O)N(CN4CCOCC4)c4ccc(Cl)cc43)n2)cc1. The molecule has 3 heterocycles. The first-order valence-electron chi connectivity index (χ1n) is 12.7. The van der Waals surface area contributed by atoms with Gasteiger partial charge in [0.05, 0.1) is 37.0 Å². The molecule has 0 bridgehead atoms. The molecule has 0 spiro atoms. The maximum Gasteiger partial charge on any atom is 0.278 e. The first kappa shape index (κ1) is 25.6. The third kappa shape index (κ3) is 5.44. The summed E-state index contributed by atoms with van der Waals surface area (Å²) in [5, 5.41) is 1.16. The highest BCUT2D eigenvalue weighted by molar-refractivity contribution is 6.55. The Kier molecular flexibility index (Phi) is 7.14. The number of amides is 1. The summed E-state index contributed by atoms with van der Waals surface area (Å²) in [6.07, 6.45) is 0. The maximum atomic E-state index is 13.8. The monoisotopic (exact) mass is 557 g/mol. The largest absolute Gasteiger partial charge is 0.379 e. The normalized spacial score (nSPS) is 16.6. The summed E-state index contributed by atoms with van der Waals surface area (Å²) < 4.78 is 5.47. The topological polar surface area (TPSA) is 70.9 Å². The number of aromatic nitrogens is 2. The number of hydrogen-bond acceptors (Lipinski definition) is 6. The molecular formula is C30H25Cl2N5O2. The molecule has 0 saturated carbocycles. The molecule has 0 N–H and O–H groups in total. The molecule has 1 saturated heterocycles. The van der Waals surface area contributed by atoms with Gasteiger partial charge in [0.1, 0.15) is 5.71 Å². The maximum absolute atomic E-state index is 13.8. The average Bonchev–Trinajstić information content (AvgIpc) is 3.19. The molecule has 6 rings (SSSR count). The van der Waals surface area contributed by atoms with Crippen LogP contribution in [0.2, 0.25) is 10.0 Å². The summed E-state index contributed by atoms with van der Waals surface area (Å²) >= 11 is 12.5. The number of carbonyl (C=O) groups excluding carboxylic acids is 1. The molecule has 1 aromatic heterocycles. The van der Waals surface area contributed by atoms with Gasteiger partial charge in [-0.05, 0) is 43.3 Å². The zero-order chi connectivity index (χ0) is 26.9. The van der Waals surface area contributed by atoms with E-state index in [0.29, 0.717) is 46.9 Å². The van der Waals surface area contributed by atoms with Crippen LogP contribution in [-0.2, 0) is 9.53 Å². The molecule has 4 aromatic rings. The van der Waals surface area contributed by atoms with E-state index in [9.17, 15) is 4.79 Å². The lowest BCUT2D eigenvalue weighted by atomic mass is 10.1. The average molecular weight is 558 g/mol. The van der Waals surface area contributed by atoms with E-state index in [1.165, 1.54) is 0 Å². The van der Waals surface area contributed by atoms with Crippen molar-refractivity contribution in [1.82, 2.24) is 14.9 Å². The molecule has 196 valence electrons. The minimum absolute atomic E-state index is 0.195. The Morgan fingerprint density at radius 3 is 2.13 bits per heavy atom. The van der Waals surface area contributed by atoms with Crippen molar-refractivity contribution in [2.24, 2.45) is 4.99 Å². The van der Waals surface area contributed by atoms with Crippen LogP contribution in [-0.4, -0.2) is 59.5 Å². The smallest absolute Gasteiger partial charge is 0.278 e. The summed E-state index contributed by atoms with van der Waals surface area (Å²) in [5.74, 6) is -0.0170. The van der Waals surface area contributed by atoms with Crippen molar-refractivity contribution in [1.29, 1.82) is 0 Å². The van der Waals surface area contributed by atoms with Gasteiger partial charge in [0.25, 0.3) is 11.9 Å². The van der Waals surface area contributed by atoms with Gasteiger partial charge in [0.15, 0.2) is 0 Å². The van der Waals surface area contributed by atoms with Gasteiger partial charge in [-0.2, -0.15) is 0 Å². The number of benzene rings is 3. The van der Waals surface area contributed by atoms with Gasteiger partial charge in [0, 0.05) is 39.8 Å². The van der Waals surface area contributed by atoms with Gasteiger partial charge in [-0.25, -0.2) is 15.0 Å². The number of anilines is 1. The predicted molar refractivity (Wildman–Crippen MR) is 155 cm³/mol. The molecule has 0 atom stereocenters. The van der Waals surface area contributed by atoms with Crippen LogP contribution in [0.5, 0.6) is 0 Å². The Balaban J connectivity index is 1.45. The Morgan fingerprint density at radius 2 is 1.46 bits per heavy atom. The summed E-state index contributed by atoms with van der Waals surface area (Å²) in [6, 6.07) is 22.9. The minimum atomic E-state index is -0.212. The molecule has 7 nitrogen and oxygen atoms in total. The number of halogens is 2. The third-order valence-corrected chi connectivity index (χ3v) is 7.30. The first-order chi connectivity index (χ1) is 18.9. The molecule has 0 aliphatic carbocycles. The van der Waals surface area contributed by atoms with Crippen molar-refractivity contribution >= 4 is 46.5 Å². The molecule has 0 radical (unpaired) electrons. The Bertz CT molecular complexity index is 1500. The van der Waals surface area contributed by atoms with E-state index in [4.69, 9.17) is 42.9 Å². The highest BCUT2D eigenvalue weighted by Gasteiger charge is 2.35. The van der Waals surface area contributed by atoms with Crippen LogP contribution in [0, 0.1) is 6.92 Å². The van der Waals surface area contributed by atoms with Crippen LogP contribution >= 0.6 is 23.2 Å². The number of hydrogen-bond donors (Lipinski definition) is 0. The van der Waals surface area contributed by atoms with Crippen LogP contribution in [0.3, 0.4) is 0 Å². The second kappa shape index (κ2) is 10.9. The van der Waals surface area contributed by atoms with E-state index in [-0.39, 0.29) is 17.6 Å². The van der Waals surface area contributed by atoms with Crippen LogP contribution in [0.25, 0.3) is 22.5 Å². The van der Waals surface area contributed by atoms with Gasteiger partial charge >= 0.3 is 0 Å². The Labute approximate surface area is 236 Å². The fourth-order valence-electron chi connectivity index (χ4n) is 4.70. The number of morpholine rings is 1. The Hall–Kier alpha value is -3.62. The van der Waals surface area contributed by atoms with Gasteiger partial charge in [0.2, 0.25) is 0 Å². The zero-order valence-corrected chi connectivity index (χ0v) is 22.8. The first-order valence-corrected chi connectivity index (χ1v) is 13.4. The van der Waals surface area contributed by atoms with Crippen molar-refractivity contribution in [3.63, 3.8) is 0 Å². The second-order valence-corrected chi connectivity index (χ2v) is 10.4. The quantitative estimate of drug-likeness (QED) is 0.293. The van der Waals surface area contributed by atoms with E-state index < -0.39 is 0 Å². The van der Waals surface area contributed by atoms with E-state index in [2.05, 4.69) is 4.90 Å². The molecule has 0 unspecified atom stereocenters. The van der Waals surface area contributed by atoms with Crippen LogP contribution in [0.15, 0.2) is 77.8 Å². The van der Waals surface area contributed by atoms with Gasteiger partial charge in [-0.3, -0.25) is 14.6 Å². The number of ether oxygens (including phenoxy) is 1. The number of aryl methyl sites for hydroxylation is 1. The predicted octanol–water partition coefficient (Wildman–Crippen LogP) is 6.18. The van der Waals surface area contributed by atoms with E-state index in [0.717, 1.165) is 35.5 Å². The molecule has 39 heavy (non-hydrogen) atoms. The lowest BCUT2D eigenvalue weighted by Gasteiger charge is -2.30. The Morgan fingerprint density at radius 1 is 0.846 bits per heavy atom. The second-order valence-electron chi connectivity index (χ2n) is 9.54. The summed E-state index contributed by atoms with van der Waals surface area (Å²) in [5.41, 5.74) is 6.03. The van der Waals surface area contributed by atoms with Crippen molar-refractivity contribution in [3.05, 3.63) is 94.0 Å². The fraction of sp³-hybridized carbons (Fsp3) is 0.200. The summed E-state index contributed by atoms with van der Waals surface area (Å²) in [7, 11) is 0. The van der Waals surface area contributed by atoms with E-state index >= 15 is 0 Å². The summed E-state index contributed by atoms with van der Waals surface area (Å²) in [4.78, 5) is 31.9. The van der Waals surface area contributed by atoms with Crippen LogP contribution in [0.1, 0.15) is 11.1 Å². The fourth-order valence-corrected chi connectivity index (χ4v) is 5.00. The molecule has 2 aliphatic heterocycles. The number of rotatable bonds is 5. The van der Waals surface area contributed by atoms with Crippen LogP contribution in [0.4, 0.5) is 11.6 Å². The number of fused-ring (bicyclic) bond motifs is 1. The molecule has 1 fully saturated rings. The summed E-state index contributed by atoms with van der Waals surface area (Å²) in [6.45, 7) is 5.27. The van der Waals surface area contributed by atoms with Crippen LogP contribution < -0.4 is 4.90 Å². The van der Waals surface area contributed by atoms with Crippen molar-refractivity contribution in [2.45, 2.75) is 6.92 Å². The van der Waals surface area contributed by atoms with Crippen molar-refractivity contribution in [3.8, 4) is 22.5 Å². The lowest BCUT2D eigenvalue weighted by molar-refractivity contribution is -0.112.